The molecule has 0 fully saturated rings. The highest BCUT2D eigenvalue weighted by atomic mass is 19.4. The van der Waals surface area contributed by atoms with E-state index in [0.29, 0.717) is 19.3 Å². The number of hydrogen-bond donors (Lipinski definition) is 3. The molecule has 1 unspecified atom stereocenters. The van der Waals surface area contributed by atoms with E-state index < -0.39 is 11.5 Å². The number of aliphatic hydroxyl groups excluding tert-OH is 1. The zero-order chi connectivity index (χ0) is 10.3. The lowest BCUT2D eigenvalue weighted by Gasteiger charge is -2.23. The Labute approximate surface area is 73.9 Å². The van der Waals surface area contributed by atoms with Gasteiger partial charge < -0.3 is 10.3 Å². The third-order valence-corrected chi connectivity index (χ3v) is 1.38. The van der Waals surface area contributed by atoms with E-state index in [2.05, 4.69) is 0 Å². The van der Waals surface area contributed by atoms with Gasteiger partial charge in [0.15, 0.2) is 0 Å². The molecule has 0 aliphatic heterocycles. The first kappa shape index (κ1) is 12.6. The average Bonchev–Trinajstić information content (AvgIpc) is 2.02. The summed E-state index contributed by atoms with van der Waals surface area (Å²) in [5.74, 6) is 0. The second kappa shape index (κ2) is 6.14. The largest absolute Gasteiger partial charge is 0.606 e. The molecule has 0 amide bonds. The number of alkyl halides is 3. The molecular formula is C6H13F3N2O2. The van der Waals surface area contributed by atoms with Crippen molar-refractivity contribution in [2.24, 2.45) is 0 Å². The molecule has 0 aromatic rings. The Balaban J connectivity index is 3.32. The highest BCUT2D eigenvalue weighted by Gasteiger charge is 2.37. The van der Waals surface area contributed by atoms with E-state index >= 15 is 0 Å². The number of rotatable bonds is 6. The van der Waals surface area contributed by atoms with Crippen LogP contribution >= 0.6 is 0 Å². The standard InChI is InChI=1S/C6H13F3N2O2/c7-6(8,9)11(13)10-4-2-1-3-5-12/h10-12H,1-5H2. The maximum atomic E-state index is 11.6. The number of hydroxylamine groups is 1. The molecule has 3 N–H and O–H groups in total. The highest BCUT2D eigenvalue weighted by Crippen LogP contribution is 2.02. The van der Waals surface area contributed by atoms with Crippen molar-refractivity contribution in [3.8, 4) is 0 Å². The molecule has 1 atom stereocenters. The quantitative estimate of drug-likeness (QED) is 0.311. The molecular weight excluding hydrogens is 189 g/mol. The van der Waals surface area contributed by atoms with Gasteiger partial charge in [0.1, 0.15) is 0 Å². The van der Waals surface area contributed by atoms with Gasteiger partial charge in [0.2, 0.25) is 0 Å². The average molecular weight is 202 g/mol. The SMILES string of the molecule is [O-][NH+](NCCCCCO)C(F)(F)F. The first-order valence-electron chi connectivity index (χ1n) is 3.94. The zero-order valence-electron chi connectivity index (χ0n) is 7.02. The fourth-order valence-electron chi connectivity index (χ4n) is 0.716. The van der Waals surface area contributed by atoms with E-state index in [-0.39, 0.29) is 13.2 Å². The van der Waals surface area contributed by atoms with Gasteiger partial charge in [-0.15, -0.1) is 13.2 Å². The monoisotopic (exact) mass is 202 g/mol. The van der Waals surface area contributed by atoms with E-state index in [1.54, 1.807) is 5.43 Å². The van der Waals surface area contributed by atoms with Gasteiger partial charge in [-0.2, -0.15) is 10.6 Å². The summed E-state index contributed by atoms with van der Waals surface area (Å²) in [5.41, 5.74) is 1.74. The summed E-state index contributed by atoms with van der Waals surface area (Å²) in [6.07, 6.45) is -3.20. The summed E-state index contributed by atoms with van der Waals surface area (Å²) < 4.78 is 34.7. The van der Waals surface area contributed by atoms with Crippen LogP contribution in [-0.2, 0) is 0 Å². The van der Waals surface area contributed by atoms with E-state index in [0.717, 1.165) is 0 Å². The Morgan fingerprint density at radius 2 is 1.85 bits per heavy atom. The normalized spacial score (nSPS) is 14.5. The van der Waals surface area contributed by atoms with Gasteiger partial charge in [-0.3, -0.25) is 0 Å². The van der Waals surface area contributed by atoms with Crippen molar-refractivity contribution in [1.82, 2.24) is 5.43 Å². The van der Waals surface area contributed by atoms with Crippen LogP contribution in [0, 0.1) is 5.21 Å². The lowest BCUT2D eigenvalue weighted by atomic mass is 10.2. The summed E-state index contributed by atoms with van der Waals surface area (Å²) in [6, 6.07) is 0. The molecule has 7 heteroatoms. The fourth-order valence-corrected chi connectivity index (χ4v) is 0.716. The number of halogens is 3. The van der Waals surface area contributed by atoms with Crippen LogP contribution in [-0.4, -0.2) is 24.6 Å². The van der Waals surface area contributed by atoms with Crippen LogP contribution in [0.3, 0.4) is 0 Å². The van der Waals surface area contributed by atoms with Crippen LogP contribution < -0.4 is 10.6 Å². The summed E-state index contributed by atoms with van der Waals surface area (Å²) >= 11 is 0. The second-order valence-corrected chi connectivity index (χ2v) is 2.54. The van der Waals surface area contributed by atoms with Gasteiger partial charge in [-0.05, 0) is 19.3 Å². The Morgan fingerprint density at radius 3 is 2.31 bits per heavy atom. The molecule has 0 saturated heterocycles. The van der Waals surface area contributed by atoms with Crippen molar-refractivity contribution in [3.63, 3.8) is 0 Å². The minimum atomic E-state index is -4.79. The molecule has 0 aliphatic rings. The van der Waals surface area contributed by atoms with Gasteiger partial charge >= 0.3 is 6.30 Å². The maximum Gasteiger partial charge on any atom is 0.578 e. The molecule has 0 heterocycles. The summed E-state index contributed by atoms with van der Waals surface area (Å²) in [4.78, 5) is 0. The molecule has 0 saturated carbocycles. The Hall–Kier alpha value is -0.370. The van der Waals surface area contributed by atoms with Crippen molar-refractivity contribution >= 4 is 0 Å². The molecule has 0 aromatic heterocycles. The number of nitrogens with one attached hydrogen (secondary N) is 2. The number of quaternary nitrogens is 1. The molecule has 0 rings (SSSR count). The topological polar surface area (TPSA) is 59.8 Å². The molecule has 4 nitrogen and oxygen atoms in total. The number of unbranched alkanes of at least 4 members (excludes halogenated alkanes) is 2. The van der Waals surface area contributed by atoms with Gasteiger partial charge in [0.25, 0.3) is 0 Å². The second-order valence-electron chi connectivity index (χ2n) is 2.54. The first-order chi connectivity index (χ1) is 5.98. The van der Waals surface area contributed by atoms with Crippen molar-refractivity contribution in [1.29, 1.82) is 0 Å². The molecule has 0 spiro atoms. The van der Waals surface area contributed by atoms with Crippen molar-refractivity contribution < 1.29 is 23.4 Å². The fraction of sp³-hybridized carbons (Fsp3) is 1.00. The van der Waals surface area contributed by atoms with Crippen LogP contribution in [0.1, 0.15) is 19.3 Å². The van der Waals surface area contributed by atoms with E-state index in [4.69, 9.17) is 5.11 Å². The minimum Gasteiger partial charge on any atom is -0.606 e. The zero-order valence-corrected chi connectivity index (χ0v) is 7.02. The molecule has 80 valence electrons. The first-order valence-corrected chi connectivity index (χ1v) is 3.94. The van der Waals surface area contributed by atoms with Gasteiger partial charge in [0.05, 0.1) is 0 Å². The predicted molar refractivity (Wildman–Crippen MR) is 39.3 cm³/mol. The number of aliphatic hydroxyl groups is 1. The molecule has 0 radical (unpaired) electrons. The van der Waals surface area contributed by atoms with Crippen LogP contribution in [0.2, 0.25) is 0 Å². The van der Waals surface area contributed by atoms with Crippen molar-refractivity contribution in [3.05, 3.63) is 5.21 Å². The van der Waals surface area contributed by atoms with Gasteiger partial charge in [-0.25, -0.2) is 0 Å². The lowest BCUT2D eigenvalue weighted by molar-refractivity contribution is -1.01. The van der Waals surface area contributed by atoms with Crippen LogP contribution in [0.25, 0.3) is 0 Å². The summed E-state index contributed by atoms with van der Waals surface area (Å²) in [6.45, 7) is 0.0194. The Morgan fingerprint density at radius 1 is 1.23 bits per heavy atom. The summed E-state index contributed by atoms with van der Waals surface area (Å²) in [5, 5.41) is 16.6. The maximum absolute atomic E-state index is 11.6. The van der Waals surface area contributed by atoms with Crippen molar-refractivity contribution in [2.45, 2.75) is 25.6 Å². The minimum absolute atomic E-state index is 0.00164. The molecule has 0 aliphatic carbocycles. The van der Waals surface area contributed by atoms with E-state index in [1.807, 2.05) is 0 Å². The predicted octanol–water partition coefficient (Wildman–Crippen LogP) is -0.444. The highest BCUT2D eigenvalue weighted by molar-refractivity contribution is 4.40. The van der Waals surface area contributed by atoms with Crippen LogP contribution in [0.4, 0.5) is 13.2 Å². The van der Waals surface area contributed by atoms with Gasteiger partial charge in [-0.1, -0.05) is 0 Å². The molecule has 0 aromatic carbocycles. The van der Waals surface area contributed by atoms with Gasteiger partial charge in [0, 0.05) is 13.2 Å². The van der Waals surface area contributed by atoms with Crippen LogP contribution in [0.15, 0.2) is 0 Å². The number of hydrogen-bond acceptors (Lipinski definition) is 3. The van der Waals surface area contributed by atoms with Crippen molar-refractivity contribution in [2.75, 3.05) is 13.2 Å². The van der Waals surface area contributed by atoms with E-state index in [9.17, 15) is 18.4 Å². The lowest BCUT2D eigenvalue weighted by Crippen LogP contribution is -3.20. The third kappa shape index (κ3) is 6.76. The van der Waals surface area contributed by atoms with E-state index in [1.165, 1.54) is 0 Å². The smallest absolute Gasteiger partial charge is 0.578 e. The Kier molecular flexibility index (Phi) is 5.97. The molecule has 13 heavy (non-hydrogen) atoms. The van der Waals surface area contributed by atoms with Crippen LogP contribution in [0.5, 0.6) is 0 Å². The third-order valence-electron chi connectivity index (χ3n) is 1.38. The molecule has 0 bridgehead atoms. The Bertz CT molecular complexity index is 132. The summed E-state index contributed by atoms with van der Waals surface area (Å²) in [7, 11) is 0.